The maximum Gasteiger partial charge on any atom is 0.228 e. The highest BCUT2D eigenvalue weighted by Gasteiger charge is 2.08. The number of nitrogens with one attached hydrogen (secondary N) is 1. The first-order valence-corrected chi connectivity index (χ1v) is 5.44. The molecule has 82 valence electrons. The summed E-state index contributed by atoms with van der Waals surface area (Å²) in [7, 11) is 0. The fourth-order valence-corrected chi connectivity index (χ4v) is 1.88. The second-order valence-electron chi connectivity index (χ2n) is 3.77. The molecule has 0 spiro atoms. The summed E-state index contributed by atoms with van der Waals surface area (Å²) < 4.78 is 0. The predicted octanol–water partition coefficient (Wildman–Crippen LogP) is 3.26. The van der Waals surface area contributed by atoms with Gasteiger partial charge in [-0.2, -0.15) is 0 Å². The Morgan fingerprint density at radius 3 is 2.67 bits per heavy atom. The number of carbonyl (C=O) groups excluding carboxylic acids is 1. The third kappa shape index (κ3) is 3.56. The minimum absolute atomic E-state index is 0.0133. The first kappa shape index (κ1) is 12.1. The van der Waals surface area contributed by atoms with Gasteiger partial charge < -0.3 is 5.32 Å². The maximum absolute atomic E-state index is 11.5. The molecule has 1 N–H and O–H groups in total. The lowest BCUT2D eigenvalue weighted by molar-refractivity contribution is -0.119. The summed E-state index contributed by atoms with van der Waals surface area (Å²) in [5, 5.41) is 3.50. The van der Waals surface area contributed by atoms with Crippen molar-refractivity contribution >= 4 is 17.5 Å². The van der Waals surface area contributed by atoms with Crippen molar-refractivity contribution in [3.05, 3.63) is 34.0 Å². The Morgan fingerprint density at radius 1 is 1.40 bits per heavy atom. The molecule has 0 radical (unpaired) electrons. The SMILES string of the molecule is CCC1=C(Cl)/C=C(\C)NC(=O)C\C(C)=C\1. The van der Waals surface area contributed by atoms with Crippen molar-refractivity contribution in [2.75, 3.05) is 0 Å². The molecule has 0 unspecified atom stereocenters. The van der Waals surface area contributed by atoms with Gasteiger partial charge in [0.1, 0.15) is 0 Å². The molecule has 0 bridgehead atoms. The van der Waals surface area contributed by atoms with Gasteiger partial charge >= 0.3 is 0 Å². The van der Waals surface area contributed by atoms with Crippen LogP contribution >= 0.6 is 11.6 Å². The summed E-state index contributed by atoms with van der Waals surface area (Å²) >= 11 is 6.15. The second-order valence-corrected chi connectivity index (χ2v) is 4.18. The third-order valence-electron chi connectivity index (χ3n) is 2.23. The van der Waals surface area contributed by atoms with Crippen LogP contribution in [0.4, 0.5) is 0 Å². The normalized spacial score (nSPS) is 30.3. The van der Waals surface area contributed by atoms with Crippen molar-refractivity contribution in [1.29, 1.82) is 0 Å². The Hall–Kier alpha value is -1.02. The molecule has 0 fully saturated rings. The number of hydrogen-bond acceptors (Lipinski definition) is 1. The molecular formula is C12H16ClNO. The van der Waals surface area contributed by atoms with Crippen LogP contribution in [0, 0.1) is 0 Å². The van der Waals surface area contributed by atoms with Gasteiger partial charge in [-0.1, -0.05) is 30.2 Å². The van der Waals surface area contributed by atoms with Crippen LogP contribution in [0.1, 0.15) is 33.6 Å². The Labute approximate surface area is 95.7 Å². The van der Waals surface area contributed by atoms with Crippen molar-refractivity contribution in [1.82, 2.24) is 5.32 Å². The van der Waals surface area contributed by atoms with Gasteiger partial charge in [-0.15, -0.1) is 0 Å². The lowest BCUT2D eigenvalue weighted by atomic mass is 10.1. The molecule has 1 heterocycles. The topological polar surface area (TPSA) is 29.1 Å². The van der Waals surface area contributed by atoms with E-state index in [-0.39, 0.29) is 5.91 Å². The van der Waals surface area contributed by atoms with Gasteiger partial charge in [0.25, 0.3) is 0 Å². The van der Waals surface area contributed by atoms with E-state index in [4.69, 9.17) is 11.6 Å². The van der Waals surface area contributed by atoms with E-state index in [2.05, 4.69) is 12.2 Å². The van der Waals surface area contributed by atoms with Gasteiger partial charge in [-0.05, 0) is 31.9 Å². The quantitative estimate of drug-likeness (QED) is 0.729. The molecule has 1 aliphatic heterocycles. The Balaban J connectivity index is 3.15. The monoisotopic (exact) mass is 225 g/mol. The van der Waals surface area contributed by atoms with E-state index in [0.717, 1.165) is 23.3 Å². The van der Waals surface area contributed by atoms with E-state index >= 15 is 0 Å². The highest BCUT2D eigenvalue weighted by molar-refractivity contribution is 6.31. The van der Waals surface area contributed by atoms with Gasteiger partial charge in [0.2, 0.25) is 5.91 Å². The molecule has 0 saturated carbocycles. The third-order valence-corrected chi connectivity index (χ3v) is 2.58. The summed E-state index contributed by atoms with van der Waals surface area (Å²) in [4.78, 5) is 11.5. The molecule has 2 nitrogen and oxygen atoms in total. The molecule has 0 aromatic heterocycles. The smallest absolute Gasteiger partial charge is 0.228 e. The van der Waals surface area contributed by atoms with Crippen molar-refractivity contribution in [2.24, 2.45) is 0 Å². The summed E-state index contributed by atoms with van der Waals surface area (Å²) in [5.41, 5.74) is 2.90. The van der Waals surface area contributed by atoms with Crippen LogP contribution in [-0.4, -0.2) is 5.91 Å². The lowest BCUT2D eigenvalue weighted by Gasteiger charge is -2.03. The van der Waals surface area contributed by atoms with E-state index in [0.29, 0.717) is 11.5 Å². The van der Waals surface area contributed by atoms with Crippen LogP contribution in [0.2, 0.25) is 0 Å². The fourth-order valence-electron chi connectivity index (χ4n) is 1.52. The van der Waals surface area contributed by atoms with E-state index in [1.54, 1.807) is 6.08 Å². The molecule has 1 rings (SSSR count). The lowest BCUT2D eigenvalue weighted by Crippen LogP contribution is -2.20. The molecule has 0 saturated heterocycles. The standard InChI is InChI=1S/C12H16ClNO/c1-4-10-5-8(2)6-12(15)14-9(3)7-11(10)13/h5,7H,4,6H2,1-3H3,(H,14,15)/b8-5+,9-7+,11-10+. The summed E-state index contributed by atoms with van der Waals surface area (Å²) in [5.74, 6) is 0.0133. The van der Waals surface area contributed by atoms with Gasteiger partial charge in [-0.3, -0.25) is 4.79 Å². The molecule has 0 aromatic rings. The minimum atomic E-state index is 0.0133. The maximum atomic E-state index is 11.5. The van der Waals surface area contributed by atoms with Gasteiger partial charge in [0.05, 0.1) is 0 Å². The average Bonchev–Trinajstić information content (AvgIpc) is 2.15. The van der Waals surface area contributed by atoms with Crippen LogP contribution in [0.5, 0.6) is 0 Å². The van der Waals surface area contributed by atoms with Crippen molar-refractivity contribution in [3.8, 4) is 0 Å². The van der Waals surface area contributed by atoms with E-state index < -0.39 is 0 Å². The Morgan fingerprint density at radius 2 is 2.07 bits per heavy atom. The summed E-state index contributed by atoms with van der Waals surface area (Å²) in [6.45, 7) is 5.84. The van der Waals surface area contributed by atoms with E-state index in [1.165, 1.54) is 0 Å². The number of halogens is 1. The first-order chi connectivity index (χ1) is 7.02. The number of rotatable bonds is 1. The Bertz CT molecular complexity index is 364. The molecule has 0 aliphatic carbocycles. The molecular weight excluding hydrogens is 210 g/mol. The van der Waals surface area contributed by atoms with Crippen molar-refractivity contribution in [2.45, 2.75) is 33.6 Å². The molecule has 3 heteroatoms. The van der Waals surface area contributed by atoms with Crippen LogP contribution in [0.15, 0.2) is 34.0 Å². The fraction of sp³-hybridized carbons (Fsp3) is 0.417. The number of allylic oxidation sites excluding steroid dienone is 5. The molecule has 1 amide bonds. The minimum Gasteiger partial charge on any atom is -0.330 e. The van der Waals surface area contributed by atoms with Crippen molar-refractivity contribution in [3.63, 3.8) is 0 Å². The zero-order chi connectivity index (χ0) is 11.4. The average molecular weight is 226 g/mol. The van der Waals surface area contributed by atoms with Crippen LogP contribution in [-0.2, 0) is 4.79 Å². The highest BCUT2D eigenvalue weighted by atomic mass is 35.5. The second kappa shape index (κ2) is 5.17. The zero-order valence-corrected chi connectivity index (χ0v) is 10.1. The van der Waals surface area contributed by atoms with Crippen LogP contribution < -0.4 is 5.32 Å². The zero-order valence-electron chi connectivity index (χ0n) is 9.36. The number of amides is 1. The predicted molar refractivity (Wildman–Crippen MR) is 63.4 cm³/mol. The first-order valence-electron chi connectivity index (χ1n) is 5.07. The van der Waals surface area contributed by atoms with Gasteiger partial charge in [0, 0.05) is 17.2 Å². The van der Waals surface area contributed by atoms with Crippen LogP contribution in [0.25, 0.3) is 0 Å². The van der Waals surface area contributed by atoms with E-state index in [1.807, 2.05) is 19.9 Å². The largest absolute Gasteiger partial charge is 0.330 e. The van der Waals surface area contributed by atoms with Crippen LogP contribution in [0.3, 0.4) is 0 Å². The highest BCUT2D eigenvalue weighted by Crippen LogP contribution is 2.20. The van der Waals surface area contributed by atoms with Gasteiger partial charge in [0.15, 0.2) is 0 Å². The molecule has 1 aliphatic rings. The summed E-state index contributed by atoms with van der Waals surface area (Å²) in [6.07, 6.45) is 5.09. The summed E-state index contributed by atoms with van der Waals surface area (Å²) in [6, 6.07) is 0. The number of carbonyl (C=O) groups is 1. The molecule has 0 atom stereocenters. The van der Waals surface area contributed by atoms with E-state index in [9.17, 15) is 4.79 Å². The van der Waals surface area contributed by atoms with Gasteiger partial charge in [-0.25, -0.2) is 0 Å². The Kier molecular flexibility index (Phi) is 4.15. The van der Waals surface area contributed by atoms with Crippen molar-refractivity contribution < 1.29 is 4.79 Å². The number of hydrogen-bond donors (Lipinski definition) is 1. The molecule has 15 heavy (non-hydrogen) atoms. The molecule has 0 aromatic carbocycles.